The largest absolute Gasteiger partial charge is 0.494 e. The summed E-state index contributed by atoms with van der Waals surface area (Å²) in [6.07, 6.45) is 10.2. The van der Waals surface area contributed by atoms with Gasteiger partial charge in [-0.2, -0.15) is 0 Å². The third kappa shape index (κ3) is 2.53. The molecule has 0 saturated heterocycles. The minimum atomic E-state index is 0.756. The van der Waals surface area contributed by atoms with E-state index in [-0.39, 0.29) is 0 Å². The van der Waals surface area contributed by atoms with E-state index in [1.165, 1.54) is 0 Å². The molecule has 0 aromatic heterocycles. The van der Waals surface area contributed by atoms with Crippen molar-refractivity contribution in [3.8, 4) is 0 Å². The predicted octanol–water partition coefficient (Wildman–Crippen LogP) is 2.42. The Hall–Kier alpha value is -0.980. The highest BCUT2D eigenvalue weighted by Gasteiger charge is 1.89. The van der Waals surface area contributed by atoms with Crippen molar-refractivity contribution in [3.05, 3.63) is 36.6 Å². The average Bonchev–Trinajstić information content (AvgIpc) is 2.02. The second kappa shape index (κ2) is 3.94. The van der Waals surface area contributed by atoms with Gasteiger partial charge in [0, 0.05) is 0 Å². The predicted molar refractivity (Wildman–Crippen MR) is 42.6 cm³/mol. The standard InChI is InChI=1S/C9H12O/c1-9-7-5-3-2-4-6-8-10-9/h2-3,5,7H,1,4,6,8H2/b3-2-,7-5-. The number of ether oxygens (including phenoxy) is 1. The lowest BCUT2D eigenvalue weighted by molar-refractivity contribution is 0.223. The summed E-state index contributed by atoms with van der Waals surface area (Å²) in [5, 5.41) is 0. The molecule has 0 spiro atoms. The molecule has 1 aliphatic heterocycles. The molecule has 10 heavy (non-hydrogen) atoms. The van der Waals surface area contributed by atoms with Crippen LogP contribution in [0.2, 0.25) is 0 Å². The maximum Gasteiger partial charge on any atom is 0.112 e. The summed E-state index contributed by atoms with van der Waals surface area (Å²) < 4.78 is 5.24. The van der Waals surface area contributed by atoms with Crippen molar-refractivity contribution < 1.29 is 4.74 Å². The number of allylic oxidation sites excluding steroid dienone is 4. The monoisotopic (exact) mass is 136 g/mol. The Morgan fingerprint density at radius 3 is 3.20 bits per heavy atom. The Morgan fingerprint density at radius 1 is 1.40 bits per heavy atom. The van der Waals surface area contributed by atoms with Gasteiger partial charge in [-0.05, 0) is 18.9 Å². The highest BCUT2D eigenvalue weighted by molar-refractivity contribution is 5.14. The summed E-state index contributed by atoms with van der Waals surface area (Å²) in [7, 11) is 0. The normalized spacial score (nSPS) is 25.4. The summed E-state index contributed by atoms with van der Waals surface area (Å²) in [6.45, 7) is 4.50. The van der Waals surface area contributed by atoms with Gasteiger partial charge in [0.2, 0.25) is 0 Å². The van der Waals surface area contributed by atoms with Gasteiger partial charge in [-0.25, -0.2) is 0 Å². The molecule has 0 unspecified atom stereocenters. The lowest BCUT2D eigenvalue weighted by Gasteiger charge is -2.01. The molecule has 0 N–H and O–H groups in total. The number of rotatable bonds is 0. The molecular formula is C9H12O. The van der Waals surface area contributed by atoms with E-state index in [9.17, 15) is 0 Å². The van der Waals surface area contributed by atoms with Crippen LogP contribution in [0.25, 0.3) is 0 Å². The van der Waals surface area contributed by atoms with Gasteiger partial charge in [-0.15, -0.1) is 0 Å². The third-order valence-electron chi connectivity index (χ3n) is 1.33. The van der Waals surface area contributed by atoms with Crippen LogP contribution in [0.4, 0.5) is 0 Å². The minimum absolute atomic E-state index is 0.756. The molecule has 0 saturated carbocycles. The summed E-state index contributed by atoms with van der Waals surface area (Å²) in [4.78, 5) is 0. The van der Waals surface area contributed by atoms with Gasteiger partial charge in [-0.1, -0.05) is 24.8 Å². The van der Waals surface area contributed by atoms with E-state index >= 15 is 0 Å². The minimum Gasteiger partial charge on any atom is -0.494 e. The molecule has 1 heteroatoms. The van der Waals surface area contributed by atoms with Gasteiger partial charge < -0.3 is 4.74 Å². The number of hydrogen-bond donors (Lipinski definition) is 0. The van der Waals surface area contributed by atoms with Crippen molar-refractivity contribution in [2.24, 2.45) is 0 Å². The Kier molecular flexibility index (Phi) is 2.81. The highest BCUT2D eigenvalue weighted by atomic mass is 16.5. The van der Waals surface area contributed by atoms with E-state index in [0.29, 0.717) is 0 Å². The van der Waals surface area contributed by atoms with Crippen LogP contribution in [0.5, 0.6) is 0 Å². The van der Waals surface area contributed by atoms with Crippen LogP contribution in [0.3, 0.4) is 0 Å². The van der Waals surface area contributed by atoms with E-state index in [0.717, 1.165) is 25.2 Å². The van der Waals surface area contributed by atoms with Crippen LogP contribution in [0.15, 0.2) is 36.6 Å². The van der Waals surface area contributed by atoms with Crippen LogP contribution >= 0.6 is 0 Å². The Bertz CT molecular complexity index is 166. The fourth-order valence-corrected chi connectivity index (χ4v) is 0.790. The van der Waals surface area contributed by atoms with Gasteiger partial charge >= 0.3 is 0 Å². The van der Waals surface area contributed by atoms with Crippen LogP contribution in [-0.4, -0.2) is 6.61 Å². The third-order valence-corrected chi connectivity index (χ3v) is 1.33. The lowest BCUT2D eigenvalue weighted by Crippen LogP contribution is -1.89. The summed E-state index contributed by atoms with van der Waals surface area (Å²) in [5.41, 5.74) is 0. The SMILES string of the molecule is C=C1/C=C\C=C/CCCO1. The highest BCUT2D eigenvalue weighted by Crippen LogP contribution is 2.02. The molecule has 0 fully saturated rings. The molecule has 54 valence electrons. The molecule has 0 aromatic rings. The first-order chi connectivity index (χ1) is 4.89. The smallest absolute Gasteiger partial charge is 0.112 e. The molecule has 1 aliphatic rings. The molecule has 0 radical (unpaired) electrons. The second-order valence-corrected chi connectivity index (χ2v) is 2.24. The fourth-order valence-electron chi connectivity index (χ4n) is 0.790. The van der Waals surface area contributed by atoms with Gasteiger partial charge in [0.1, 0.15) is 5.76 Å². The molecule has 0 amide bonds. The molecule has 0 bridgehead atoms. The van der Waals surface area contributed by atoms with Gasteiger partial charge in [0.05, 0.1) is 6.61 Å². The van der Waals surface area contributed by atoms with Crippen molar-refractivity contribution in [1.29, 1.82) is 0 Å². The molecule has 1 heterocycles. The first-order valence-electron chi connectivity index (χ1n) is 3.54. The van der Waals surface area contributed by atoms with E-state index in [1.807, 2.05) is 18.2 Å². The van der Waals surface area contributed by atoms with Gasteiger partial charge in [0.15, 0.2) is 0 Å². The quantitative estimate of drug-likeness (QED) is 0.497. The van der Waals surface area contributed by atoms with E-state index in [4.69, 9.17) is 4.74 Å². The van der Waals surface area contributed by atoms with Crippen molar-refractivity contribution >= 4 is 0 Å². The summed E-state index contributed by atoms with van der Waals surface area (Å²) >= 11 is 0. The lowest BCUT2D eigenvalue weighted by atomic mass is 10.3. The summed E-state index contributed by atoms with van der Waals surface area (Å²) in [5.74, 6) is 0.756. The Morgan fingerprint density at radius 2 is 2.30 bits per heavy atom. The average molecular weight is 136 g/mol. The van der Waals surface area contributed by atoms with E-state index in [2.05, 4.69) is 12.7 Å². The molecule has 0 aliphatic carbocycles. The molecule has 1 nitrogen and oxygen atoms in total. The topological polar surface area (TPSA) is 9.23 Å². The van der Waals surface area contributed by atoms with Crippen LogP contribution < -0.4 is 0 Å². The van der Waals surface area contributed by atoms with Crippen molar-refractivity contribution in [3.63, 3.8) is 0 Å². The maximum absolute atomic E-state index is 5.24. The van der Waals surface area contributed by atoms with Crippen LogP contribution in [-0.2, 0) is 4.74 Å². The Balaban J connectivity index is 2.48. The number of hydrogen-bond acceptors (Lipinski definition) is 1. The van der Waals surface area contributed by atoms with Crippen LogP contribution in [0, 0.1) is 0 Å². The molecule has 0 atom stereocenters. The van der Waals surface area contributed by atoms with Crippen molar-refractivity contribution in [2.75, 3.05) is 6.61 Å². The second-order valence-electron chi connectivity index (χ2n) is 2.24. The van der Waals surface area contributed by atoms with Gasteiger partial charge in [-0.3, -0.25) is 0 Å². The Labute approximate surface area is 61.7 Å². The molecule has 0 aromatic carbocycles. The van der Waals surface area contributed by atoms with Crippen LogP contribution in [0.1, 0.15) is 12.8 Å². The zero-order valence-corrected chi connectivity index (χ0v) is 6.05. The molecular weight excluding hydrogens is 124 g/mol. The summed E-state index contributed by atoms with van der Waals surface area (Å²) in [6, 6.07) is 0. The first kappa shape index (κ1) is 7.13. The zero-order chi connectivity index (χ0) is 7.23. The zero-order valence-electron chi connectivity index (χ0n) is 6.05. The van der Waals surface area contributed by atoms with E-state index < -0.39 is 0 Å². The van der Waals surface area contributed by atoms with Crippen molar-refractivity contribution in [1.82, 2.24) is 0 Å². The van der Waals surface area contributed by atoms with E-state index in [1.54, 1.807) is 0 Å². The fraction of sp³-hybridized carbons (Fsp3) is 0.333. The maximum atomic E-state index is 5.24. The first-order valence-corrected chi connectivity index (χ1v) is 3.54. The molecule has 1 rings (SSSR count). The van der Waals surface area contributed by atoms with Crippen molar-refractivity contribution in [2.45, 2.75) is 12.8 Å². The van der Waals surface area contributed by atoms with Gasteiger partial charge in [0.25, 0.3) is 0 Å².